The first-order valence-electron chi connectivity index (χ1n) is 6.64. The van der Waals surface area contributed by atoms with Gasteiger partial charge in [-0.25, -0.2) is 9.97 Å². The van der Waals surface area contributed by atoms with Crippen molar-refractivity contribution in [3.8, 4) is 10.6 Å². The molecule has 1 saturated heterocycles. The van der Waals surface area contributed by atoms with Gasteiger partial charge in [0.05, 0.1) is 10.6 Å². The average Bonchev–Trinajstić information content (AvgIpc) is 3.07. The van der Waals surface area contributed by atoms with Gasteiger partial charge in [-0.05, 0) is 42.8 Å². The molecule has 2 aromatic heterocycles. The van der Waals surface area contributed by atoms with Gasteiger partial charge in [-0.1, -0.05) is 0 Å². The van der Waals surface area contributed by atoms with E-state index >= 15 is 0 Å². The van der Waals surface area contributed by atoms with Crippen LogP contribution < -0.4 is 10.6 Å². The molecule has 5 heteroatoms. The van der Waals surface area contributed by atoms with Crippen molar-refractivity contribution in [3.05, 3.63) is 29.3 Å². The van der Waals surface area contributed by atoms with Crippen LogP contribution in [0.4, 0.5) is 5.95 Å². The van der Waals surface area contributed by atoms with Crippen LogP contribution in [0.15, 0.2) is 23.7 Å². The van der Waals surface area contributed by atoms with E-state index in [4.69, 9.17) is 10.7 Å². The van der Waals surface area contributed by atoms with Crippen molar-refractivity contribution in [3.63, 3.8) is 0 Å². The molecule has 100 valence electrons. The number of nitrogens with two attached hydrogens (primary N) is 1. The van der Waals surface area contributed by atoms with Gasteiger partial charge in [0, 0.05) is 25.3 Å². The van der Waals surface area contributed by atoms with E-state index in [0.29, 0.717) is 12.6 Å². The van der Waals surface area contributed by atoms with Crippen molar-refractivity contribution in [2.45, 2.75) is 25.8 Å². The van der Waals surface area contributed by atoms with Crippen molar-refractivity contribution in [1.82, 2.24) is 9.97 Å². The molecule has 3 heterocycles. The lowest BCUT2D eigenvalue weighted by atomic mass is 10.2. The van der Waals surface area contributed by atoms with Crippen LogP contribution in [-0.4, -0.2) is 29.1 Å². The fraction of sp³-hybridized carbons (Fsp3) is 0.429. The molecule has 19 heavy (non-hydrogen) atoms. The van der Waals surface area contributed by atoms with Crippen LogP contribution in [0.2, 0.25) is 0 Å². The van der Waals surface area contributed by atoms with Gasteiger partial charge in [0.15, 0.2) is 0 Å². The first-order valence-corrected chi connectivity index (χ1v) is 7.52. The van der Waals surface area contributed by atoms with Crippen LogP contribution >= 0.6 is 11.3 Å². The lowest BCUT2D eigenvalue weighted by molar-refractivity contribution is 0.664. The third-order valence-electron chi connectivity index (χ3n) is 3.64. The maximum Gasteiger partial charge on any atom is 0.226 e. The molecule has 0 aliphatic carbocycles. The SMILES string of the molecule is Cc1ccsc1-c1ccnc(N2CCCC2CN)n1. The highest BCUT2D eigenvalue weighted by atomic mass is 32.1. The predicted molar refractivity (Wildman–Crippen MR) is 79.5 cm³/mol. The van der Waals surface area contributed by atoms with Gasteiger partial charge in [-0.15, -0.1) is 11.3 Å². The fourth-order valence-corrected chi connectivity index (χ4v) is 3.49. The van der Waals surface area contributed by atoms with Gasteiger partial charge in [-0.3, -0.25) is 0 Å². The average molecular weight is 274 g/mol. The fourth-order valence-electron chi connectivity index (χ4n) is 2.59. The molecular weight excluding hydrogens is 256 g/mol. The van der Waals surface area contributed by atoms with E-state index in [1.165, 1.54) is 16.9 Å². The maximum absolute atomic E-state index is 5.82. The molecule has 1 aliphatic heterocycles. The Kier molecular flexibility index (Phi) is 3.48. The van der Waals surface area contributed by atoms with Crippen LogP contribution in [0.1, 0.15) is 18.4 Å². The van der Waals surface area contributed by atoms with Crippen molar-refractivity contribution in [2.75, 3.05) is 18.0 Å². The molecular formula is C14H18N4S. The van der Waals surface area contributed by atoms with Crippen molar-refractivity contribution < 1.29 is 0 Å². The van der Waals surface area contributed by atoms with E-state index in [-0.39, 0.29) is 0 Å². The Morgan fingerprint density at radius 1 is 1.47 bits per heavy atom. The molecule has 0 bridgehead atoms. The molecule has 1 unspecified atom stereocenters. The summed E-state index contributed by atoms with van der Waals surface area (Å²) in [5, 5.41) is 2.10. The Labute approximate surface area is 117 Å². The molecule has 0 amide bonds. The molecule has 1 aliphatic rings. The second-order valence-electron chi connectivity index (χ2n) is 4.90. The molecule has 0 aromatic carbocycles. The first kappa shape index (κ1) is 12.6. The van der Waals surface area contributed by atoms with Gasteiger partial charge >= 0.3 is 0 Å². The number of aryl methyl sites for hydroxylation is 1. The number of hydrogen-bond acceptors (Lipinski definition) is 5. The molecule has 0 spiro atoms. The van der Waals surface area contributed by atoms with Gasteiger partial charge < -0.3 is 10.6 Å². The third-order valence-corrected chi connectivity index (χ3v) is 4.68. The number of nitrogens with zero attached hydrogens (tertiary/aromatic N) is 3. The van der Waals surface area contributed by atoms with E-state index in [1.807, 2.05) is 12.3 Å². The number of anilines is 1. The lowest BCUT2D eigenvalue weighted by Gasteiger charge is -2.23. The highest BCUT2D eigenvalue weighted by Gasteiger charge is 2.25. The zero-order valence-corrected chi connectivity index (χ0v) is 11.9. The molecule has 0 radical (unpaired) electrons. The molecule has 2 N–H and O–H groups in total. The number of thiophene rings is 1. The summed E-state index contributed by atoms with van der Waals surface area (Å²) in [5.41, 5.74) is 8.11. The van der Waals surface area contributed by atoms with E-state index in [2.05, 4.69) is 28.3 Å². The summed E-state index contributed by atoms with van der Waals surface area (Å²) < 4.78 is 0. The summed E-state index contributed by atoms with van der Waals surface area (Å²) >= 11 is 1.73. The topological polar surface area (TPSA) is 55.0 Å². The number of hydrogen-bond donors (Lipinski definition) is 1. The van der Waals surface area contributed by atoms with Crippen LogP contribution in [0.3, 0.4) is 0 Å². The van der Waals surface area contributed by atoms with Crippen LogP contribution in [0.25, 0.3) is 10.6 Å². The summed E-state index contributed by atoms with van der Waals surface area (Å²) in [5.74, 6) is 0.818. The highest BCUT2D eigenvalue weighted by Crippen LogP contribution is 2.29. The lowest BCUT2D eigenvalue weighted by Crippen LogP contribution is -2.36. The van der Waals surface area contributed by atoms with Gasteiger partial charge in [0.1, 0.15) is 0 Å². The van der Waals surface area contributed by atoms with Crippen molar-refractivity contribution in [1.29, 1.82) is 0 Å². The molecule has 1 atom stereocenters. The standard InChI is InChI=1S/C14H18N4S/c1-10-5-8-19-13(10)12-4-6-16-14(17-12)18-7-2-3-11(18)9-15/h4-6,8,11H,2-3,7,9,15H2,1H3. The zero-order chi connectivity index (χ0) is 13.2. The molecule has 2 aromatic rings. The number of rotatable bonds is 3. The second kappa shape index (κ2) is 5.27. The van der Waals surface area contributed by atoms with E-state index in [9.17, 15) is 0 Å². The Balaban J connectivity index is 1.94. The summed E-state index contributed by atoms with van der Waals surface area (Å²) in [6, 6.07) is 4.50. The second-order valence-corrected chi connectivity index (χ2v) is 5.82. The zero-order valence-electron chi connectivity index (χ0n) is 11.0. The van der Waals surface area contributed by atoms with Crippen molar-refractivity contribution >= 4 is 17.3 Å². The minimum absolute atomic E-state index is 0.389. The van der Waals surface area contributed by atoms with Crippen molar-refractivity contribution in [2.24, 2.45) is 5.73 Å². The Morgan fingerprint density at radius 3 is 3.11 bits per heavy atom. The summed E-state index contributed by atoms with van der Waals surface area (Å²) in [7, 11) is 0. The Bertz CT molecular complexity index is 566. The molecule has 1 fully saturated rings. The summed E-state index contributed by atoms with van der Waals surface area (Å²) in [6.07, 6.45) is 4.17. The Morgan fingerprint density at radius 2 is 2.37 bits per heavy atom. The largest absolute Gasteiger partial charge is 0.337 e. The smallest absolute Gasteiger partial charge is 0.226 e. The van der Waals surface area contributed by atoms with Gasteiger partial charge in [0.2, 0.25) is 5.95 Å². The highest BCUT2D eigenvalue weighted by molar-refractivity contribution is 7.13. The minimum Gasteiger partial charge on any atom is -0.337 e. The normalized spacial score (nSPS) is 19.1. The van der Waals surface area contributed by atoms with Crippen LogP contribution in [0, 0.1) is 6.92 Å². The molecule has 3 rings (SSSR count). The third kappa shape index (κ3) is 2.35. The number of aromatic nitrogens is 2. The quantitative estimate of drug-likeness (QED) is 0.934. The monoisotopic (exact) mass is 274 g/mol. The summed E-state index contributed by atoms with van der Waals surface area (Å²) in [6.45, 7) is 3.80. The summed E-state index contributed by atoms with van der Waals surface area (Å²) in [4.78, 5) is 12.6. The maximum atomic E-state index is 5.82. The predicted octanol–water partition coefficient (Wildman–Crippen LogP) is 2.44. The molecule has 0 saturated carbocycles. The van der Waals surface area contributed by atoms with E-state index in [1.54, 1.807) is 11.3 Å². The van der Waals surface area contributed by atoms with E-state index in [0.717, 1.165) is 24.6 Å². The minimum atomic E-state index is 0.389. The van der Waals surface area contributed by atoms with Crippen LogP contribution in [-0.2, 0) is 0 Å². The van der Waals surface area contributed by atoms with E-state index < -0.39 is 0 Å². The van der Waals surface area contributed by atoms with Crippen LogP contribution in [0.5, 0.6) is 0 Å². The Hall–Kier alpha value is -1.46. The first-order chi connectivity index (χ1) is 9.29. The van der Waals surface area contributed by atoms with Gasteiger partial charge in [-0.2, -0.15) is 0 Å². The van der Waals surface area contributed by atoms with Gasteiger partial charge in [0.25, 0.3) is 0 Å². The molecule has 4 nitrogen and oxygen atoms in total.